The average Bonchev–Trinajstić information content (AvgIpc) is 3.74. The molecule has 1 aromatic carbocycles. The number of aliphatic hydroxyl groups excluding tert-OH is 1. The largest absolute Gasteiger partial charge is 0.478 e. The van der Waals surface area contributed by atoms with E-state index in [-0.39, 0.29) is 30.4 Å². The molecule has 10 N–H and O–H groups in total. The van der Waals surface area contributed by atoms with Crippen molar-refractivity contribution in [2.24, 2.45) is 5.10 Å². The van der Waals surface area contributed by atoms with Crippen molar-refractivity contribution in [3.63, 3.8) is 0 Å². The van der Waals surface area contributed by atoms with Crippen LogP contribution in [0.1, 0.15) is 54.4 Å². The zero-order valence-corrected chi connectivity index (χ0v) is 39.6. The molecule has 338 valence electrons. The molecule has 0 atom stereocenters. The number of halogens is 5. The standard InChI is InChI=1S/C22H20ClN7S.C6H7ClN2.C6H6N2O2.C6H8N2O.Cl2OS.ClH/c1-12-13(2)31-21-18(12)19(15-6-8-17(23)9-7-15)28-29(22-27-26-14(3)30(21)22)11-16-5-4-10-25-20(16)24;7-4-5-2-1-3-9-6(5)8;7-5-4(6(9)10)2-1-3-8-5;7-6-5(4-9)2-1-3-8-6;1-4(2)3;/h4-10H,11H2,1-3H3,(H2,24,25);1-3H,4H2,(H2,8,9);1-3H,(H2,7,8)(H,9,10);1-3,9H,4H2,(H2,7,8);;1H. The number of nitrogens with zero attached hydrogens (tertiary/aromatic N) is 9. The van der Waals surface area contributed by atoms with Gasteiger partial charge in [0.1, 0.15) is 45.4 Å². The van der Waals surface area contributed by atoms with Crippen molar-refractivity contribution in [2.75, 3.05) is 27.9 Å². The number of fused-ring (bicyclic) bond motifs is 3. The molecule has 0 saturated heterocycles. The van der Waals surface area contributed by atoms with Gasteiger partial charge in [0.15, 0.2) is 0 Å². The van der Waals surface area contributed by atoms with Crippen LogP contribution in [0.4, 0.5) is 29.2 Å². The number of carboxylic acid groups (broad SMARTS) is 1. The lowest BCUT2D eigenvalue weighted by atomic mass is 10.00. The zero-order valence-electron chi connectivity index (χ0n) is 34.1. The number of rotatable bonds is 6. The Labute approximate surface area is 400 Å². The van der Waals surface area contributed by atoms with E-state index in [2.05, 4.69) is 69.9 Å². The Morgan fingerprint density at radius 2 is 1.27 bits per heavy atom. The number of aromatic nitrogens is 7. The molecule has 1 aliphatic rings. The fourth-order valence-corrected chi connectivity index (χ4v) is 6.98. The van der Waals surface area contributed by atoms with Gasteiger partial charge in [0.2, 0.25) is 9.23 Å². The molecule has 0 fully saturated rings. The summed E-state index contributed by atoms with van der Waals surface area (Å²) < 4.78 is 11.2. The molecular weight excluding hydrogens is 968 g/mol. The summed E-state index contributed by atoms with van der Waals surface area (Å²) in [6.45, 7) is 6.59. The summed E-state index contributed by atoms with van der Waals surface area (Å²) >= 11 is 13.4. The van der Waals surface area contributed by atoms with Crippen LogP contribution in [0, 0.1) is 20.8 Å². The van der Waals surface area contributed by atoms with Crippen LogP contribution in [0.15, 0.2) is 103 Å². The molecule has 64 heavy (non-hydrogen) atoms. The Morgan fingerprint density at radius 3 is 1.70 bits per heavy atom. The molecule has 0 unspecified atom stereocenters. The molecule has 0 radical (unpaired) electrons. The maximum absolute atomic E-state index is 10.3. The number of aliphatic hydroxyl groups is 1. The summed E-state index contributed by atoms with van der Waals surface area (Å²) in [5.41, 5.74) is 28.7. The van der Waals surface area contributed by atoms with E-state index in [1.165, 1.54) is 28.8 Å². The predicted molar refractivity (Wildman–Crippen MR) is 261 cm³/mol. The van der Waals surface area contributed by atoms with Crippen LogP contribution in [-0.4, -0.2) is 60.8 Å². The van der Waals surface area contributed by atoms with Crippen molar-refractivity contribution in [2.45, 2.75) is 39.8 Å². The summed E-state index contributed by atoms with van der Waals surface area (Å²) in [4.78, 5) is 27.0. The van der Waals surface area contributed by atoms with Gasteiger partial charge in [0, 0.05) is 83.9 Å². The van der Waals surface area contributed by atoms with Gasteiger partial charge >= 0.3 is 5.97 Å². The van der Waals surface area contributed by atoms with Crippen LogP contribution in [-0.2, 0) is 28.3 Å². The maximum atomic E-state index is 10.3. The highest BCUT2D eigenvalue weighted by molar-refractivity contribution is 8.26. The van der Waals surface area contributed by atoms with Gasteiger partial charge in [-0.1, -0.05) is 41.9 Å². The van der Waals surface area contributed by atoms with Crippen molar-refractivity contribution in [3.05, 3.63) is 152 Å². The smallest absolute Gasteiger partial charge is 0.339 e. The van der Waals surface area contributed by atoms with Crippen molar-refractivity contribution >= 4 is 118 Å². The van der Waals surface area contributed by atoms with Crippen LogP contribution in [0.25, 0.3) is 5.00 Å². The molecular formula is C40H42Cl5N13O4S2. The first kappa shape index (κ1) is 52.7. The van der Waals surface area contributed by atoms with E-state index in [1.54, 1.807) is 42.1 Å². The van der Waals surface area contributed by atoms with Gasteiger partial charge in [-0.25, -0.2) is 33.9 Å². The van der Waals surface area contributed by atoms with Gasteiger partial charge in [-0.3, -0.25) is 4.57 Å². The van der Waals surface area contributed by atoms with Crippen molar-refractivity contribution in [3.8, 4) is 5.00 Å². The number of thiophene rings is 1. The van der Waals surface area contributed by atoms with Crippen molar-refractivity contribution < 1.29 is 19.2 Å². The first-order valence-corrected chi connectivity index (χ1v) is 22.7. The van der Waals surface area contributed by atoms with E-state index in [0.717, 1.165) is 38.8 Å². The summed E-state index contributed by atoms with van der Waals surface area (Å²) in [7, 11) is 7.36. The Bertz CT molecular complexity index is 2640. The number of carboxylic acids is 1. The van der Waals surface area contributed by atoms with E-state index < -0.39 is 15.2 Å². The van der Waals surface area contributed by atoms with Gasteiger partial charge in [-0.15, -0.1) is 45.5 Å². The van der Waals surface area contributed by atoms with Gasteiger partial charge in [-0.2, -0.15) is 5.10 Å². The van der Waals surface area contributed by atoms with Crippen LogP contribution in [0.2, 0.25) is 5.02 Å². The third kappa shape index (κ3) is 14.4. The Hall–Kier alpha value is -5.64. The number of nitrogen functional groups attached to an aromatic ring is 4. The van der Waals surface area contributed by atoms with Crippen LogP contribution in [0.3, 0.4) is 0 Å². The Morgan fingerprint density at radius 1 is 0.766 bits per heavy atom. The highest BCUT2D eigenvalue weighted by atomic mass is 36.0. The lowest BCUT2D eigenvalue weighted by molar-refractivity contribution is 0.0697. The normalized spacial score (nSPS) is 10.9. The van der Waals surface area contributed by atoms with E-state index in [0.29, 0.717) is 46.4 Å². The van der Waals surface area contributed by atoms with Crippen molar-refractivity contribution in [1.82, 2.24) is 34.7 Å². The number of aromatic carboxylic acids is 1. The molecule has 8 rings (SSSR count). The van der Waals surface area contributed by atoms with E-state index in [1.807, 2.05) is 60.5 Å². The first-order chi connectivity index (χ1) is 30.1. The van der Waals surface area contributed by atoms with Crippen LogP contribution >= 0.6 is 68.3 Å². The first-order valence-electron chi connectivity index (χ1n) is 18.2. The molecule has 6 aromatic heterocycles. The SMILES string of the molecule is Cc1sc2c(c1C)C(c1ccc(Cl)cc1)=NN(Cc1cccnc1N)c1nnc(C)n1-2.Cl.Nc1ncccc1C(=O)O.Nc1ncccc1CCl.Nc1ncccc1CO.O=S(Cl)Cl. The third-order valence-electron chi connectivity index (χ3n) is 8.67. The van der Waals surface area contributed by atoms with Gasteiger partial charge in [0.25, 0.3) is 5.95 Å². The quantitative estimate of drug-likeness (QED) is 0.0679. The average molecular weight is 1010 g/mol. The molecule has 7 heterocycles. The maximum Gasteiger partial charge on any atom is 0.339 e. The fraction of sp³-hybridized carbons (Fsp3) is 0.150. The number of carbonyl (C=O) groups is 1. The molecule has 0 bridgehead atoms. The number of anilines is 5. The summed E-state index contributed by atoms with van der Waals surface area (Å²) in [6, 6.07) is 21.6. The predicted octanol–water partition coefficient (Wildman–Crippen LogP) is 8.04. The molecule has 0 saturated carbocycles. The van der Waals surface area contributed by atoms with Gasteiger partial charge in [-0.05, 0) is 68.8 Å². The number of alkyl halides is 1. The molecule has 0 aliphatic carbocycles. The van der Waals surface area contributed by atoms with E-state index in [9.17, 15) is 4.79 Å². The molecule has 7 aromatic rings. The number of hydrogen-bond donors (Lipinski definition) is 6. The Kier molecular flexibility index (Phi) is 21.1. The second-order valence-corrected chi connectivity index (χ2v) is 17.2. The molecule has 17 nitrogen and oxygen atoms in total. The zero-order chi connectivity index (χ0) is 46.2. The summed E-state index contributed by atoms with van der Waals surface area (Å²) in [5.74, 6) is 2.27. The highest BCUT2D eigenvalue weighted by Crippen LogP contribution is 2.39. The number of benzene rings is 1. The number of hydrogen-bond acceptors (Lipinski definition) is 16. The highest BCUT2D eigenvalue weighted by Gasteiger charge is 2.30. The topological polar surface area (TPSA) is 277 Å². The number of nitrogens with two attached hydrogens (primary N) is 4. The van der Waals surface area contributed by atoms with E-state index >= 15 is 0 Å². The fourth-order valence-electron chi connectivity index (χ4n) is 5.43. The molecule has 0 amide bonds. The minimum absolute atomic E-state index is 0. The second kappa shape index (κ2) is 25.6. The minimum Gasteiger partial charge on any atom is -0.478 e. The lowest BCUT2D eigenvalue weighted by Crippen LogP contribution is -2.21. The third-order valence-corrected chi connectivity index (χ3v) is 10.4. The monoisotopic (exact) mass is 1010 g/mol. The minimum atomic E-state index is -1.67. The van der Waals surface area contributed by atoms with E-state index in [4.69, 9.17) is 65.7 Å². The number of pyridine rings is 4. The molecule has 0 spiro atoms. The lowest BCUT2D eigenvalue weighted by Gasteiger charge is -2.18. The summed E-state index contributed by atoms with van der Waals surface area (Å²) in [6.07, 6.45) is 6.36. The van der Waals surface area contributed by atoms with Gasteiger partial charge in [0.05, 0.1) is 19.0 Å². The number of aryl methyl sites for hydroxylation is 2. The van der Waals surface area contributed by atoms with Gasteiger partial charge < -0.3 is 33.1 Å². The second-order valence-electron chi connectivity index (χ2n) is 12.7. The van der Waals surface area contributed by atoms with Crippen LogP contribution in [0.5, 0.6) is 0 Å². The molecule has 1 aliphatic heterocycles. The summed E-state index contributed by atoms with van der Waals surface area (Å²) in [5, 5.41) is 34.5. The van der Waals surface area contributed by atoms with Crippen molar-refractivity contribution in [1.29, 1.82) is 0 Å². The Balaban J connectivity index is 0.000000268. The molecule has 24 heteroatoms. The number of hydrazone groups is 1. The van der Waals surface area contributed by atoms with Crippen LogP contribution < -0.4 is 27.9 Å².